The van der Waals surface area contributed by atoms with Crippen LogP contribution in [0, 0.1) is 17.3 Å². The molecule has 2 N–H and O–H groups in total. The molecule has 2 nitrogen and oxygen atoms in total. The molecule has 0 aliphatic heterocycles. The van der Waals surface area contributed by atoms with Crippen LogP contribution in [0.4, 0.5) is 0 Å². The van der Waals surface area contributed by atoms with Gasteiger partial charge in [0.05, 0.1) is 0 Å². The van der Waals surface area contributed by atoms with E-state index in [-0.39, 0.29) is 0 Å². The lowest BCUT2D eigenvalue weighted by atomic mass is 9.71. The number of ether oxygens (including phenoxy) is 1. The van der Waals surface area contributed by atoms with Crippen molar-refractivity contribution in [2.24, 2.45) is 23.0 Å². The Hall–Kier alpha value is -0.0800. The number of hydrogen-bond donors (Lipinski definition) is 1. The van der Waals surface area contributed by atoms with E-state index in [0.29, 0.717) is 5.41 Å². The van der Waals surface area contributed by atoms with E-state index in [9.17, 15) is 0 Å². The minimum atomic E-state index is 0.454. The van der Waals surface area contributed by atoms with Crippen molar-refractivity contribution in [2.45, 2.75) is 51.9 Å². The van der Waals surface area contributed by atoms with Gasteiger partial charge in [-0.3, -0.25) is 0 Å². The second-order valence-electron chi connectivity index (χ2n) is 5.86. The van der Waals surface area contributed by atoms with Crippen molar-refractivity contribution in [3.8, 4) is 0 Å². The van der Waals surface area contributed by atoms with Gasteiger partial charge in [-0.15, -0.1) is 0 Å². The molecule has 0 aromatic heterocycles. The maximum Gasteiger partial charge on any atom is 0.0471 e. The van der Waals surface area contributed by atoms with Crippen LogP contribution in [0.15, 0.2) is 0 Å². The Labute approximate surface area is 99.9 Å². The van der Waals surface area contributed by atoms with Gasteiger partial charge in [0.1, 0.15) is 0 Å². The topological polar surface area (TPSA) is 35.2 Å². The van der Waals surface area contributed by atoms with Crippen LogP contribution >= 0.6 is 0 Å². The molecule has 0 saturated heterocycles. The van der Waals surface area contributed by atoms with Gasteiger partial charge in [0, 0.05) is 13.2 Å². The summed E-state index contributed by atoms with van der Waals surface area (Å²) in [7, 11) is 0. The van der Waals surface area contributed by atoms with Crippen LogP contribution in [0.25, 0.3) is 0 Å². The van der Waals surface area contributed by atoms with Crippen LogP contribution in [-0.2, 0) is 4.74 Å². The standard InChI is InChI=1S/C14H27NO/c1-2-3-7-16-8-6-14(11-15)10-12-4-5-13(14)9-12/h12-13H,2-11,15H2,1H3. The van der Waals surface area contributed by atoms with Crippen LogP contribution in [0.2, 0.25) is 0 Å². The SMILES string of the molecule is CCCCOCCC1(CN)CC2CCC1C2. The highest BCUT2D eigenvalue weighted by molar-refractivity contribution is 5.00. The van der Waals surface area contributed by atoms with E-state index >= 15 is 0 Å². The molecule has 0 heterocycles. The second kappa shape index (κ2) is 5.50. The zero-order chi connectivity index (χ0) is 11.4. The van der Waals surface area contributed by atoms with Gasteiger partial charge in [-0.05, 0) is 55.9 Å². The van der Waals surface area contributed by atoms with Crippen molar-refractivity contribution in [3.63, 3.8) is 0 Å². The van der Waals surface area contributed by atoms with Crippen molar-refractivity contribution in [2.75, 3.05) is 19.8 Å². The lowest BCUT2D eigenvalue weighted by Gasteiger charge is -2.36. The van der Waals surface area contributed by atoms with Gasteiger partial charge in [0.25, 0.3) is 0 Å². The van der Waals surface area contributed by atoms with Crippen LogP contribution in [-0.4, -0.2) is 19.8 Å². The molecule has 2 aliphatic carbocycles. The molecule has 0 aromatic rings. The quantitative estimate of drug-likeness (QED) is 0.676. The van der Waals surface area contributed by atoms with Gasteiger partial charge in [0.2, 0.25) is 0 Å². The van der Waals surface area contributed by atoms with E-state index in [1.165, 1.54) is 44.9 Å². The zero-order valence-electron chi connectivity index (χ0n) is 10.7. The van der Waals surface area contributed by atoms with Crippen molar-refractivity contribution < 1.29 is 4.74 Å². The molecule has 2 bridgehead atoms. The first kappa shape index (κ1) is 12.4. The molecule has 2 aliphatic rings. The van der Waals surface area contributed by atoms with Crippen molar-refractivity contribution in [1.29, 1.82) is 0 Å². The first-order valence-corrected chi connectivity index (χ1v) is 7.08. The monoisotopic (exact) mass is 225 g/mol. The largest absolute Gasteiger partial charge is 0.381 e. The molecule has 0 spiro atoms. The number of nitrogens with two attached hydrogens (primary N) is 1. The third-order valence-corrected chi connectivity index (χ3v) is 4.90. The molecule has 3 unspecified atom stereocenters. The van der Waals surface area contributed by atoms with Crippen LogP contribution in [0.3, 0.4) is 0 Å². The summed E-state index contributed by atoms with van der Waals surface area (Å²) in [6.07, 6.45) is 9.35. The van der Waals surface area contributed by atoms with E-state index in [1.54, 1.807) is 0 Å². The van der Waals surface area contributed by atoms with Crippen molar-refractivity contribution in [1.82, 2.24) is 0 Å². The number of hydrogen-bond acceptors (Lipinski definition) is 2. The number of unbranched alkanes of at least 4 members (excludes halogenated alkanes) is 1. The number of rotatable bonds is 7. The molecule has 0 amide bonds. The number of fused-ring (bicyclic) bond motifs is 2. The summed E-state index contributed by atoms with van der Waals surface area (Å²) in [4.78, 5) is 0. The van der Waals surface area contributed by atoms with Crippen LogP contribution in [0.1, 0.15) is 51.9 Å². The molecule has 16 heavy (non-hydrogen) atoms. The Bertz CT molecular complexity index is 219. The lowest BCUT2D eigenvalue weighted by Crippen LogP contribution is -2.37. The van der Waals surface area contributed by atoms with Gasteiger partial charge in [-0.1, -0.05) is 19.8 Å². The van der Waals surface area contributed by atoms with E-state index < -0.39 is 0 Å². The van der Waals surface area contributed by atoms with E-state index in [0.717, 1.165) is 31.6 Å². The summed E-state index contributed by atoms with van der Waals surface area (Å²) in [5.41, 5.74) is 6.49. The molecular weight excluding hydrogens is 198 g/mol. The summed E-state index contributed by atoms with van der Waals surface area (Å²) in [5, 5.41) is 0. The van der Waals surface area contributed by atoms with E-state index in [2.05, 4.69) is 6.92 Å². The van der Waals surface area contributed by atoms with Gasteiger partial charge >= 0.3 is 0 Å². The van der Waals surface area contributed by atoms with Gasteiger partial charge < -0.3 is 10.5 Å². The predicted octanol–water partition coefficient (Wildman–Crippen LogP) is 2.96. The Morgan fingerprint density at radius 2 is 2.19 bits per heavy atom. The van der Waals surface area contributed by atoms with Crippen LogP contribution in [0.5, 0.6) is 0 Å². The fraction of sp³-hybridized carbons (Fsp3) is 1.00. The fourth-order valence-corrected chi connectivity index (χ4v) is 3.84. The highest BCUT2D eigenvalue weighted by Crippen LogP contribution is 2.57. The summed E-state index contributed by atoms with van der Waals surface area (Å²) < 4.78 is 5.71. The summed E-state index contributed by atoms with van der Waals surface area (Å²) >= 11 is 0. The summed E-state index contributed by atoms with van der Waals surface area (Å²) in [5.74, 6) is 1.90. The smallest absolute Gasteiger partial charge is 0.0471 e. The molecule has 2 saturated carbocycles. The summed E-state index contributed by atoms with van der Waals surface area (Å²) in [6, 6.07) is 0. The maximum absolute atomic E-state index is 6.04. The molecule has 0 radical (unpaired) electrons. The Kier molecular flexibility index (Phi) is 4.26. The average Bonchev–Trinajstić information content (AvgIpc) is 2.89. The van der Waals surface area contributed by atoms with Gasteiger partial charge in [-0.2, -0.15) is 0 Å². The minimum absolute atomic E-state index is 0.454. The fourth-order valence-electron chi connectivity index (χ4n) is 3.84. The van der Waals surface area contributed by atoms with Crippen molar-refractivity contribution >= 4 is 0 Å². The Morgan fingerprint density at radius 1 is 1.31 bits per heavy atom. The molecule has 2 rings (SSSR count). The molecule has 2 fully saturated rings. The normalized spacial score (nSPS) is 37.1. The van der Waals surface area contributed by atoms with Crippen LogP contribution < -0.4 is 5.73 Å². The molecule has 2 heteroatoms. The maximum atomic E-state index is 6.04. The predicted molar refractivity (Wildman–Crippen MR) is 67.3 cm³/mol. The van der Waals surface area contributed by atoms with E-state index in [1.807, 2.05) is 0 Å². The Balaban J connectivity index is 1.73. The minimum Gasteiger partial charge on any atom is -0.381 e. The molecule has 0 aromatic carbocycles. The molecular formula is C14H27NO. The molecule has 3 atom stereocenters. The van der Waals surface area contributed by atoms with Gasteiger partial charge in [-0.25, -0.2) is 0 Å². The highest BCUT2D eigenvalue weighted by Gasteiger charge is 2.49. The van der Waals surface area contributed by atoms with Gasteiger partial charge in [0.15, 0.2) is 0 Å². The Morgan fingerprint density at radius 3 is 2.75 bits per heavy atom. The zero-order valence-corrected chi connectivity index (χ0v) is 10.7. The third kappa shape index (κ3) is 2.43. The molecule has 94 valence electrons. The van der Waals surface area contributed by atoms with Crippen molar-refractivity contribution in [3.05, 3.63) is 0 Å². The summed E-state index contributed by atoms with van der Waals surface area (Å²) in [6.45, 7) is 4.96. The third-order valence-electron chi connectivity index (χ3n) is 4.90. The lowest BCUT2D eigenvalue weighted by molar-refractivity contribution is 0.0669. The van der Waals surface area contributed by atoms with E-state index in [4.69, 9.17) is 10.5 Å². The first-order chi connectivity index (χ1) is 7.80. The first-order valence-electron chi connectivity index (χ1n) is 7.08. The average molecular weight is 225 g/mol. The second-order valence-corrected chi connectivity index (χ2v) is 5.86. The highest BCUT2D eigenvalue weighted by atomic mass is 16.5.